The van der Waals surface area contributed by atoms with Crippen LogP contribution in [0.1, 0.15) is 146 Å². The molecule has 7 rings (SSSR count). The second-order valence-electron chi connectivity index (χ2n) is 25.7. The number of allylic oxidation sites excluding steroid dienone is 3. The second kappa shape index (κ2) is 32.0. The smallest absolute Gasteiger partial charge is 0.333 e. The van der Waals surface area contributed by atoms with Gasteiger partial charge in [0.05, 0.1) is 48.9 Å². The summed E-state index contributed by atoms with van der Waals surface area (Å²) < 4.78 is 30.0. The predicted octanol–water partition coefficient (Wildman–Crippen LogP) is 5.66. The third-order valence-electron chi connectivity index (χ3n) is 18.3. The largest absolute Gasteiger partial charge is 0.462 e. The van der Waals surface area contributed by atoms with Crippen LogP contribution in [0, 0.1) is 24.7 Å². The topological polar surface area (TPSA) is 330 Å². The summed E-state index contributed by atoms with van der Waals surface area (Å²) in [5.74, 6) is -7.56. The van der Waals surface area contributed by atoms with Crippen molar-refractivity contribution in [1.29, 1.82) is 0 Å². The maximum Gasteiger partial charge on any atom is 0.333 e. The van der Waals surface area contributed by atoms with Gasteiger partial charge in [0, 0.05) is 109 Å². The number of unbranched alkanes of at least 4 members (excludes halogenated alkanes) is 1. The second-order valence-corrected chi connectivity index (χ2v) is 26.0. The molecule has 7 amide bonds. The first-order valence-corrected chi connectivity index (χ1v) is 32.2. The van der Waals surface area contributed by atoms with E-state index in [9.17, 15) is 57.8 Å². The van der Waals surface area contributed by atoms with Crippen molar-refractivity contribution in [3.05, 3.63) is 81.4 Å². The third kappa shape index (κ3) is 18.6. The van der Waals surface area contributed by atoms with Crippen LogP contribution in [-0.4, -0.2) is 182 Å². The average Bonchev–Trinajstić information content (AvgIpc) is 1.58. The number of ether oxygens (including phenoxy) is 5. The van der Waals surface area contributed by atoms with Crippen LogP contribution in [-0.2, 0) is 84.5 Å². The van der Waals surface area contributed by atoms with E-state index >= 15 is 0 Å². The summed E-state index contributed by atoms with van der Waals surface area (Å²) in [6, 6.07) is 5.42. The number of likely N-dealkylation sites (N-methyl/N-ethyl adjacent to an activating group) is 1. The van der Waals surface area contributed by atoms with Crippen molar-refractivity contribution in [2.75, 3.05) is 63.9 Å². The molecule has 0 saturated carbocycles. The summed E-state index contributed by atoms with van der Waals surface area (Å²) in [4.78, 5) is 156. The first-order valence-electron chi connectivity index (χ1n) is 31.8. The van der Waals surface area contributed by atoms with Gasteiger partial charge in [-0.05, 0) is 101 Å². The predicted molar refractivity (Wildman–Crippen MR) is 340 cm³/mol. The van der Waals surface area contributed by atoms with Crippen molar-refractivity contribution in [3.8, 4) is 0 Å². The number of rotatable bonds is 24. The molecular weight excluding hydrogens is 1230 g/mol. The van der Waals surface area contributed by atoms with E-state index < -0.39 is 125 Å². The number of hydroxylamine groups is 2. The number of esters is 2. The number of urea groups is 1. The number of morpholine rings is 1. The summed E-state index contributed by atoms with van der Waals surface area (Å²) in [6.07, 6.45) is 1.51. The number of halogens is 1. The number of amides is 7. The van der Waals surface area contributed by atoms with E-state index in [1.54, 1.807) is 59.0 Å². The molecule has 26 heteroatoms. The number of Topliss-reactive ketones (excluding diaryl/α,β-unsaturated/α-hetero) is 2. The van der Waals surface area contributed by atoms with Gasteiger partial charge in [-0.3, -0.25) is 38.4 Å². The van der Waals surface area contributed by atoms with Gasteiger partial charge in [0.1, 0.15) is 41.3 Å². The average molecular weight is 1320 g/mol. The number of aliphatic hydroxyl groups is 1. The number of aryl methyl sites for hydroxylation is 1. The maximum absolute atomic E-state index is 14.7. The van der Waals surface area contributed by atoms with Crippen LogP contribution in [0.4, 0.5) is 16.2 Å². The Hall–Kier alpha value is -7.58. The molecule has 0 spiro atoms. The van der Waals surface area contributed by atoms with Crippen LogP contribution in [0.3, 0.4) is 0 Å². The van der Waals surface area contributed by atoms with Crippen LogP contribution in [0.5, 0.6) is 0 Å². The molecule has 5 aliphatic rings. The lowest BCUT2D eigenvalue weighted by molar-refractivity contribution is -0.197. The molecule has 5 heterocycles. The van der Waals surface area contributed by atoms with Gasteiger partial charge in [-0.25, -0.2) is 14.4 Å². The van der Waals surface area contributed by atoms with Crippen LogP contribution in [0.2, 0.25) is 5.02 Å². The number of fused-ring (bicyclic) bond motifs is 5. The third-order valence-corrected chi connectivity index (χ3v) is 18.8. The standard InChI is InChI=1S/C67H90ClN7O18/c1-38(2)47(34-46(76)16-11-12-19-58(81)93-75-55(78)22-23-56(75)79)62(83)71-48(17-14-24-70-65(69)86)51(77)33-44-20-21-45(32-49(44)74-25-27-89-28-26-74)63(84)72(8)42(6)64(85)91-54-35-57(80)73(9)50-31-43(30-40(4)60(50)68)29-39(3)15-13-18-53(88-10)67(87)36-52(90-59(82)37-67)41(5)61-66(54,7)92-61/h13,15,18,20-21,30-32,38,41-42,47-48,52-54,61,87H,11-12,14,16-17,19,22-29,33-37H2,1-10H3,(H,71,83)(H3,69,70,86)/b18-13+,39-15+/t41-,42+,47+,48+,52+,53-,54+,61+,66+,67-/m1/s1. The van der Waals surface area contributed by atoms with Crippen molar-refractivity contribution < 1.29 is 86.4 Å². The molecule has 2 aromatic rings. The fourth-order valence-electron chi connectivity index (χ4n) is 12.4. The van der Waals surface area contributed by atoms with Gasteiger partial charge >= 0.3 is 23.9 Å². The Balaban J connectivity index is 1.08. The molecule has 25 nitrogen and oxygen atoms in total. The first kappa shape index (κ1) is 72.8. The fraction of sp³-hybridized carbons (Fsp3) is 0.597. The number of nitrogens with zero attached hydrogens (tertiary/aromatic N) is 4. The summed E-state index contributed by atoms with van der Waals surface area (Å²) in [5, 5.41) is 18.3. The Kier molecular flexibility index (Phi) is 25.1. The van der Waals surface area contributed by atoms with E-state index in [1.165, 1.54) is 36.9 Å². The van der Waals surface area contributed by atoms with Gasteiger partial charge in [-0.1, -0.05) is 68.3 Å². The van der Waals surface area contributed by atoms with Gasteiger partial charge in [0.2, 0.25) is 11.8 Å². The molecule has 4 bridgehead atoms. The number of ketones is 2. The highest BCUT2D eigenvalue weighted by molar-refractivity contribution is 6.34. The number of nitrogens with two attached hydrogens (primary N) is 1. The van der Waals surface area contributed by atoms with Gasteiger partial charge in [0.15, 0.2) is 5.78 Å². The zero-order valence-electron chi connectivity index (χ0n) is 54.9. The van der Waals surface area contributed by atoms with Crippen molar-refractivity contribution in [3.63, 3.8) is 0 Å². The summed E-state index contributed by atoms with van der Waals surface area (Å²) in [7, 11) is 4.46. The van der Waals surface area contributed by atoms with E-state index in [2.05, 4.69) is 10.6 Å². The number of imide groups is 1. The Labute approximate surface area is 547 Å². The Morgan fingerprint density at radius 3 is 2.29 bits per heavy atom. The van der Waals surface area contributed by atoms with Crippen molar-refractivity contribution in [1.82, 2.24) is 20.6 Å². The van der Waals surface area contributed by atoms with Gasteiger partial charge in [0.25, 0.3) is 17.7 Å². The van der Waals surface area contributed by atoms with Gasteiger partial charge in [-0.2, -0.15) is 0 Å². The summed E-state index contributed by atoms with van der Waals surface area (Å²) in [6.45, 7) is 13.8. The number of epoxide rings is 1. The Morgan fingerprint density at radius 2 is 1.62 bits per heavy atom. The number of anilines is 2. The van der Waals surface area contributed by atoms with Crippen molar-refractivity contribution >= 4 is 88.0 Å². The zero-order chi connectivity index (χ0) is 68.2. The number of nitrogens with one attached hydrogen (secondary N) is 2. The van der Waals surface area contributed by atoms with Crippen LogP contribution in [0.15, 0.2) is 54.1 Å². The molecule has 10 atom stereocenters. The maximum atomic E-state index is 14.7. The highest BCUT2D eigenvalue weighted by Crippen LogP contribution is 2.50. The normalized spacial score (nSPS) is 25.4. The minimum Gasteiger partial charge on any atom is -0.462 e. The summed E-state index contributed by atoms with van der Waals surface area (Å²) >= 11 is 6.91. The number of carbonyl (C=O) groups is 11. The minimum absolute atomic E-state index is 0.0160. The number of benzene rings is 2. The molecule has 4 fully saturated rings. The molecule has 5 N–H and O–H groups in total. The van der Waals surface area contributed by atoms with Crippen LogP contribution < -0.4 is 26.2 Å². The first-order chi connectivity index (χ1) is 43.9. The molecular formula is C67H90ClN7O18. The number of primary amides is 1. The lowest BCUT2D eigenvalue weighted by Crippen LogP contribution is -2.53. The molecule has 508 valence electrons. The number of hydrogen-bond acceptors (Lipinski definition) is 19. The van der Waals surface area contributed by atoms with Crippen LogP contribution >= 0.6 is 11.6 Å². The lowest BCUT2D eigenvalue weighted by atomic mass is 9.78. The van der Waals surface area contributed by atoms with E-state index in [1.807, 2.05) is 37.0 Å². The lowest BCUT2D eigenvalue weighted by Gasteiger charge is -2.41. The van der Waals surface area contributed by atoms with Crippen molar-refractivity contribution in [2.24, 2.45) is 23.5 Å². The molecule has 2 aromatic carbocycles. The number of hydrogen-bond donors (Lipinski definition) is 4. The molecule has 4 saturated heterocycles. The fourth-order valence-corrected chi connectivity index (χ4v) is 12.6. The van der Waals surface area contributed by atoms with E-state index in [0.29, 0.717) is 59.7 Å². The molecule has 93 heavy (non-hydrogen) atoms. The molecule has 0 aliphatic carbocycles. The quantitative estimate of drug-likeness (QED) is 0.0426. The van der Waals surface area contributed by atoms with E-state index in [0.717, 1.165) is 16.7 Å². The minimum atomic E-state index is -1.66. The van der Waals surface area contributed by atoms with Gasteiger partial charge in [-0.15, -0.1) is 5.06 Å². The number of methoxy groups -OCH3 is 1. The van der Waals surface area contributed by atoms with Gasteiger partial charge < -0.3 is 64.7 Å². The Bertz CT molecular complexity index is 3220. The highest BCUT2D eigenvalue weighted by Gasteiger charge is 2.64. The highest BCUT2D eigenvalue weighted by atomic mass is 35.5. The van der Waals surface area contributed by atoms with Crippen molar-refractivity contribution in [2.45, 2.75) is 186 Å². The molecule has 0 aromatic heterocycles. The SMILES string of the molecule is CO[C@@H]1/C=C/C=C(\C)Cc2cc(C)c(Cl)c(c2)N(C)C(=O)C[C@H](OC(=O)[C@H](C)N(C)C(=O)c2ccc(CC(=O)[C@H](CCCNC(N)=O)NC(=O)[C@@H](CC(=O)CCCCC(=O)ON3C(=O)CCC3=O)C(C)C)c(N3CCOCC3)c2)[C@]2(C)O[C@H]2[C@H](C)[C@@H]2C[C@@]1(O)CC(=O)O2. The number of carbonyl (C=O) groups excluding carboxylic acids is 11. The van der Waals surface area contributed by atoms with E-state index in [4.69, 9.17) is 45.9 Å². The summed E-state index contributed by atoms with van der Waals surface area (Å²) in [5.41, 5.74) is 6.46. The molecule has 0 unspecified atom stereocenters. The Morgan fingerprint density at radius 1 is 0.935 bits per heavy atom. The van der Waals surface area contributed by atoms with Crippen LogP contribution in [0.25, 0.3) is 0 Å². The van der Waals surface area contributed by atoms with E-state index in [-0.39, 0.29) is 101 Å². The molecule has 0 radical (unpaired) electrons. The monoisotopic (exact) mass is 1320 g/mol. The molecule has 5 aliphatic heterocycles. The zero-order valence-corrected chi connectivity index (χ0v) is 55.6.